The molecule has 0 aliphatic heterocycles. The van der Waals surface area contributed by atoms with E-state index in [2.05, 4.69) is 31.4 Å². The van der Waals surface area contributed by atoms with Gasteiger partial charge >= 0.3 is 0 Å². The lowest BCUT2D eigenvalue weighted by Gasteiger charge is -2.00. The number of halogens is 1. The average Bonchev–Trinajstić information content (AvgIpc) is 3.04. The van der Waals surface area contributed by atoms with Crippen LogP contribution in [0.4, 0.5) is 11.4 Å². The van der Waals surface area contributed by atoms with Crippen molar-refractivity contribution >= 4 is 33.5 Å². The van der Waals surface area contributed by atoms with Gasteiger partial charge in [-0.2, -0.15) is 5.10 Å². The van der Waals surface area contributed by atoms with Crippen LogP contribution in [0.2, 0.25) is 0 Å². The second-order valence-corrected chi connectivity index (χ2v) is 5.58. The van der Waals surface area contributed by atoms with Gasteiger partial charge in [0.05, 0.1) is 16.8 Å². The van der Waals surface area contributed by atoms with Crippen LogP contribution in [0, 0.1) is 10.1 Å². The summed E-state index contributed by atoms with van der Waals surface area (Å²) in [6.45, 7) is 0. The number of furan rings is 1. The highest BCUT2D eigenvalue weighted by atomic mass is 79.9. The van der Waals surface area contributed by atoms with E-state index in [-0.39, 0.29) is 5.69 Å². The summed E-state index contributed by atoms with van der Waals surface area (Å²) in [6.07, 6.45) is 4.87. The Bertz CT molecular complexity index is 893. The van der Waals surface area contributed by atoms with Crippen molar-refractivity contribution in [2.75, 3.05) is 5.43 Å². The molecule has 0 aliphatic rings. The summed E-state index contributed by atoms with van der Waals surface area (Å²) in [5, 5.41) is 14.9. The van der Waals surface area contributed by atoms with Gasteiger partial charge in [-0.15, -0.1) is 0 Å². The molecule has 0 radical (unpaired) electrons. The van der Waals surface area contributed by atoms with E-state index in [1.165, 1.54) is 12.1 Å². The van der Waals surface area contributed by atoms with Gasteiger partial charge in [0, 0.05) is 34.6 Å². The Morgan fingerprint density at radius 2 is 2.00 bits per heavy atom. The van der Waals surface area contributed by atoms with E-state index < -0.39 is 4.92 Å². The molecule has 0 atom stereocenters. The number of nitrogens with zero attached hydrogens (tertiary/aromatic N) is 3. The zero-order valence-electron chi connectivity index (χ0n) is 12.2. The minimum absolute atomic E-state index is 0.0144. The Morgan fingerprint density at radius 3 is 2.71 bits per heavy atom. The van der Waals surface area contributed by atoms with E-state index in [9.17, 15) is 10.1 Å². The van der Waals surface area contributed by atoms with Crippen molar-refractivity contribution in [1.29, 1.82) is 0 Å². The molecule has 8 heteroatoms. The molecule has 2 heterocycles. The first kappa shape index (κ1) is 15.9. The van der Waals surface area contributed by atoms with Crippen molar-refractivity contribution in [3.63, 3.8) is 0 Å². The normalized spacial score (nSPS) is 10.9. The molecule has 0 aliphatic carbocycles. The number of anilines is 1. The van der Waals surface area contributed by atoms with Crippen LogP contribution in [0.1, 0.15) is 5.76 Å². The van der Waals surface area contributed by atoms with Crippen molar-refractivity contribution in [2.24, 2.45) is 5.10 Å². The summed E-state index contributed by atoms with van der Waals surface area (Å²) >= 11 is 3.33. The van der Waals surface area contributed by atoms with E-state index in [4.69, 9.17) is 4.42 Å². The summed E-state index contributed by atoms with van der Waals surface area (Å²) in [6, 6.07) is 11.6. The van der Waals surface area contributed by atoms with Gasteiger partial charge in [-0.3, -0.25) is 20.5 Å². The Kier molecular flexibility index (Phi) is 4.66. The SMILES string of the molecule is O=[N+]([O-])c1ccc(-c2ccc(/C=N/Nc3ccncc3)o2)c(Br)c1. The fourth-order valence-electron chi connectivity index (χ4n) is 1.98. The summed E-state index contributed by atoms with van der Waals surface area (Å²) in [4.78, 5) is 14.2. The van der Waals surface area contributed by atoms with Gasteiger partial charge < -0.3 is 4.42 Å². The van der Waals surface area contributed by atoms with Crippen LogP contribution < -0.4 is 5.43 Å². The number of hydrogen-bond donors (Lipinski definition) is 1. The number of non-ortho nitro benzene ring substituents is 1. The highest BCUT2D eigenvalue weighted by Crippen LogP contribution is 2.32. The van der Waals surface area contributed by atoms with Gasteiger partial charge in [0.1, 0.15) is 11.5 Å². The fourth-order valence-corrected chi connectivity index (χ4v) is 2.54. The number of nitro benzene ring substituents is 1. The van der Waals surface area contributed by atoms with Crippen LogP contribution in [-0.4, -0.2) is 16.1 Å². The molecule has 3 aromatic rings. The van der Waals surface area contributed by atoms with Crippen LogP contribution in [-0.2, 0) is 0 Å². The van der Waals surface area contributed by atoms with Crippen LogP contribution >= 0.6 is 15.9 Å². The first-order chi connectivity index (χ1) is 11.6. The Morgan fingerprint density at radius 1 is 1.21 bits per heavy atom. The molecule has 0 bridgehead atoms. The van der Waals surface area contributed by atoms with E-state index in [0.29, 0.717) is 16.0 Å². The van der Waals surface area contributed by atoms with Crippen LogP contribution in [0.3, 0.4) is 0 Å². The number of pyridine rings is 1. The number of rotatable bonds is 5. The first-order valence-corrected chi connectivity index (χ1v) is 7.66. The molecule has 120 valence electrons. The lowest BCUT2D eigenvalue weighted by Crippen LogP contribution is -1.89. The quantitative estimate of drug-likeness (QED) is 0.396. The molecule has 0 spiro atoms. The molecule has 0 fully saturated rings. The third-order valence-electron chi connectivity index (χ3n) is 3.12. The predicted octanol–water partition coefficient (Wildman–Crippen LogP) is 4.46. The standard InChI is InChI=1S/C16H11BrN4O3/c17-15-9-12(21(22)23)1-3-14(15)16-4-2-13(24-16)10-19-20-11-5-7-18-8-6-11/h1-10H,(H,18,20)/b19-10+. The topological polar surface area (TPSA) is 93.6 Å². The molecule has 1 N–H and O–H groups in total. The summed E-state index contributed by atoms with van der Waals surface area (Å²) in [5.74, 6) is 1.14. The number of benzene rings is 1. The average molecular weight is 387 g/mol. The van der Waals surface area contributed by atoms with Crippen LogP contribution in [0.15, 0.2) is 68.8 Å². The van der Waals surface area contributed by atoms with Crippen molar-refractivity contribution in [1.82, 2.24) is 4.98 Å². The largest absolute Gasteiger partial charge is 0.455 e. The maximum absolute atomic E-state index is 10.8. The third-order valence-corrected chi connectivity index (χ3v) is 3.78. The minimum atomic E-state index is -0.445. The smallest absolute Gasteiger partial charge is 0.270 e. The van der Waals surface area contributed by atoms with Crippen molar-refractivity contribution < 1.29 is 9.34 Å². The zero-order chi connectivity index (χ0) is 16.9. The van der Waals surface area contributed by atoms with E-state index >= 15 is 0 Å². The van der Waals surface area contributed by atoms with Crippen LogP contribution in [0.5, 0.6) is 0 Å². The van der Waals surface area contributed by atoms with Gasteiger partial charge in [-0.25, -0.2) is 0 Å². The number of hydrogen-bond acceptors (Lipinski definition) is 6. The Hall–Kier alpha value is -3.00. The molecule has 0 saturated carbocycles. The van der Waals surface area contributed by atoms with Crippen molar-refractivity contribution in [3.05, 3.63) is 75.2 Å². The monoisotopic (exact) mass is 386 g/mol. The minimum Gasteiger partial charge on any atom is -0.455 e. The molecule has 3 rings (SSSR count). The zero-order valence-corrected chi connectivity index (χ0v) is 13.8. The van der Waals surface area contributed by atoms with Gasteiger partial charge in [0.2, 0.25) is 0 Å². The number of nitrogens with one attached hydrogen (secondary N) is 1. The Balaban J connectivity index is 1.75. The summed E-state index contributed by atoms with van der Waals surface area (Å²) < 4.78 is 6.27. The molecule has 1 aromatic carbocycles. The Labute approximate surface area is 145 Å². The van der Waals surface area contributed by atoms with Crippen molar-refractivity contribution in [2.45, 2.75) is 0 Å². The van der Waals surface area contributed by atoms with Crippen LogP contribution in [0.25, 0.3) is 11.3 Å². The lowest BCUT2D eigenvalue weighted by molar-refractivity contribution is -0.384. The lowest BCUT2D eigenvalue weighted by atomic mass is 10.1. The summed E-state index contributed by atoms with van der Waals surface area (Å²) in [5.41, 5.74) is 4.41. The van der Waals surface area contributed by atoms with E-state index in [0.717, 1.165) is 11.3 Å². The number of hydrazone groups is 1. The van der Waals surface area contributed by atoms with E-state index in [1.807, 2.05) is 0 Å². The number of nitro groups is 1. The molecule has 0 amide bonds. The van der Waals surface area contributed by atoms with E-state index in [1.54, 1.807) is 48.9 Å². The predicted molar refractivity (Wildman–Crippen MR) is 94.0 cm³/mol. The molecular formula is C16H11BrN4O3. The van der Waals surface area contributed by atoms with Crippen molar-refractivity contribution in [3.8, 4) is 11.3 Å². The van der Waals surface area contributed by atoms with Gasteiger partial charge in [-0.05, 0) is 46.3 Å². The van der Waals surface area contributed by atoms with Gasteiger partial charge in [0.25, 0.3) is 5.69 Å². The molecule has 2 aromatic heterocycles. The first-order valence-electron chi connectivity index (χ1n) is 6.87. The fraction of sp³-hybridized carbons (Fsp3) is 0. The number of aromatic nitrogens is 1. The third kappa shape index (κ3) is 3.66. The van der Waals surface area contributed by atoms with Gasteiger partial charge in [-0.1, -0.05) is 0 Å². The van der Waals surface area contributed by atoms with Gasteiger partial charge in [0.15, 0.2) is 0 Å². The highest BCUT2D eigenvalue weighted by Gasteiger charge is 2.12. The second-order valence-electron chi connectivity index (χ2n) is 4.73. The second kappa shape index (κ2) is 7.05. The maximum atomic E-state index is 10.8. The summed E-state index contributed by atoms with van der Waals surface area (Å²) in [7, 11) is 0. The molecule has 0 saturated heterocycles. The molecule has 7 nitrogen and oxygen atoms in total. The molecule has 0 unspecified atom stereocenters. The highest BCUT2D eigenvalue weighted by molar-refractivity contribution is 9.10. The maximum Gasteiger partial charge on any atom is 0.270 e. The molecule has 24 heavy (non-hydrogen) atoms. The molecular weight excluding hydrogens is 376 g/mol.